The van der Waals surface area contributed by atoms with Crippen molar-refractivity contribution in [3.8, 4) is 0 Å². The van der Waals surface area contributed by atoms with E-state index in [4.69, 9.17) is 0 Å². The van der Waals surface area contributed by atoms with Crippen LogP contribution in [0.5, 0.6) is 0 Å². The first-order valence-corrected chi connectivity index (χ1v) is 8.31. The molecule has 0 aliphatic rings. The van der Waals surface area contributed by atoms with E-state index in [9.17, 15) is 4.55 Å². The average molecular weight is 286 g/mol. The highest BCUT2D eigenvalue weighted by Crippen LogP contribution is 2.29. The van der Waals surface area contributed by atoms with Gasteiger partial charge >= 0.3 is 0 Å². The van der Waals surface area contributed by atoms with Gasteiger partial charge in [0.15, 0.2) is 0 Å². The standard InChI is InChI=1S/C14H24NOS2/c1-10(2)7-12(13-8-11(3)9-17-13)15-18(16)14(4,5)6/h8-10,12,15H,3,7H2,1-2,4-6H3/t12-,18?/m0/s1. The normalized spacial score (nSPS) is 16.0. The first kappa shape index (κ1) is 16.0. The predicted octanol–water partition coefficient (Wildman–Crippen LogP) is 4.07. The lowest BCUT2D eigenvalue weighted by Crippen LogP contribution is -2.41. The van der Waals surface area contributed by atoms with Crippen molar-refractivity contribution in [2.75, 3.05) is 0 Å². The van der Waals surface area contributed by atoms with Gasteiger partial charge in [0.1, 0.15) is 4.75 Å². The van der Waals surface area contributed by atoms with Crippen molar-refractivity contribution in [3.05, 3.63) is 28.8 Å². The zero-order valence-electron chi connectivity index (χ0n) is 11.9. The molecular weight excluding hydrogens is 262 g/mol. The van der Waals surface area contributed by atoms with Crippen molar-refractivity contribution in [2.45, 2.75) is 51.8 Å². The fraction of sp³-hybridized carbons (Fsp3) is 0.643. The van der Waals surface area contributed by atoms with Gasteiger partial charge in [-0.2, -0.15) is 0 Å². The van der Waals surface area contributed by atoms with Crippen LogP contribution in [0.25, 0.3) is 0 Å². The van der Waals surface area contributed by atoms with E-state index in [1.807, 2.05) is 26.2 Å². The highest BCUT2D eigenvalue weighted by Gasteiger charge is 2.30. The van der Waals surface area contributed by atoms with E-state index in [1.54, 1.807) is 11.3 Å². The summed E-state index contributed by atoms with van der Waals surface area (Å²) < 4.78 is 15.3. The van der Waals surface area contributed by atoms with E-state index in [0.717, 1.165) is 12.0 Å². The topological polar surface area (TPSA) is 35.1 Å². The van der Waals surface area contributed by atoms with Crippen molar-refractivity contribution < 1.29 is 4.55 Å². The summed E-state index contributed by atoms with van der Waals surface area (Å²) in [5.41, 5.74) is 1.03. The van der Waals surface area contributed by atoms with Gasteiger partial charge in [0, 0.05) is 16.2 Å². The van der Waals surface area contributed by atoms with E-state index in [2.05, 4.69) is 31.6 Å². The first-order valence-electron chi connectivity index (χ1n) is 6.28. The maximum absolute atomic E-state index is 12.2. The summed E-state index contributed by atoms with van der Waals surface area (Å²) in [6.45, 7) is 14.3. The van der Waals surface area contributed by atoms with Gasteiger partial charge in [0.25, 0.3) is 0 Å². The van der Waals surface area contributed by atoms with E-state index in [0.29, 0.717) is 5.92 Å². The summed E-state index contributed by atoms with van der Waals surface area (Å²) in [6, 6.07) is 2.25. The minimum absolute atomic E-state index is 0.158. The number of thiophene rings is 1. The van der Waals surface area contributed by atoms with Crippen LogP contribution < -0.4 is 4.72 Å². The molecule has 0 spiro atoms. The van der Waals surface area contributed by atoms with Crippen LogP contribution in [0.3, 0.4) is 0 Å². The maximum Gasteiger partial charge on any atom is 0.136 e. The second kappa shape index (κ2) is 6.42. The second-order valence-corrected chi connectivity index (χ2v) is 8.98. The lowest BCUT2D eigenvalue weighted by molar-refractivity contribution is 0.466. The zero-order valence-corrected chi connectivity index (χ0v) is 13.6. The molecule has 1 unspecified atom stereocenters. The maximum atomic E-state index is 12.2. The van der Waals surface area contributed by atoms with Crippen LogP contribution in [-0.2, 0) is 11.4 Å². The highest BCUT2D eigenvalue weighted by molar-refractivity contribution is 7.90. The van der Waals surface area contributed by atoms with Crippen molar-refractivity contribution in [3.63, 3.8) is 0 Å². The van der Waals surface area contributed by atoms with Gasteiger partial charge in [0.05, 0.1) is 6.04 Å². The molecule has 0 saturated heterocycles. The van der Waals surface area contributed by atoms with Crippen LogP contribution in [0.1, 0.15) is 57.5 Å². The lowest BCUT2D eigenvalue weighted by Gasteiger charge is -2.28. The van der Waals surface area contributed by atoms with Gasteiger partial charge in [-0.1, -0.05) is 13.8 Å². The van der Waals surface area contributed by atoms with Crippen LogP contribution >= 0.6 is 11.3 Å². The Balaban J connectivity index is 2.79. The predicted molar refractivity (Wildman–Crippen MR) is 82.0 cm³/mol. The molecule has 2 nitrogen and oxygen atoms in total. The quantitative estimate of drug-likeness (QED) is 0.828. The van der Waals surface area contributed by atoms with Gasteiger partial charge < -0.3 is 4.55 Å². The molecule has 18 heavy (non-hydrogen) atoms. The summed E-state index contributed by atoms with van der Waals surface area (Å²) in [4.78, 5) is 1.23. The average Bonchev–Trinajstić information content (AvgIpc) is 2.61. The third kappa shape index (κ3) is 4.92. The molecule has 0 bridgehead atoms. The first-order chi connectivity index (χ1) is 8.20. The Hall–Kier alpha value is -0.0300. The molecule has 0 saturated carbocycles. The number of hydrogen-bond acceptors (Lipinski definition) is 3. The molecular formula is C14H24NOS2. The van der Waals surface area contributed by atoms with Crippen LogP contribution in [0.2, 0.25) is 0 Å². The molecule has 1 N–H and O–H groups in total. The fourth-order valence-electron chi connectivity index (χ4n) is 1.58. The van der Waals surface area contributed by atoms with Gasteiger partial charge in [-0.3, -0.25) is 0 Å². The Morgan fingerprint density at radius 1 is 1.44 bits per heavy atom. The molecule has 1 aromatic rings. The molecule has 0 amide bonds. The minimum Gasteiger partial charge on any atom is -0.598 e. The smallest absolute Gasteiger partial charge is 0.136 e. The molecule has 1 heterocycles. The summed E-state index contributed by atoms with van der Waals surface area (Å²) in [5, 5.41) is 2.05. The second-order valence-electron chi connectivity index (χ2n) is 6.04. The number of nitrogens with one attached hydrogen (secondary N) is 1. The Morgan fingerprint density at radius 2 is 2.06 bits per heavy atom. The number of hydrogen-bond donors (Lipinski definition) is 1. The molecule has 1 aromatic heterocycles. The Morgan fingerprint density at radius 3 is 2.44 bits per heavy atom. The molecule has 0 fully saturated rings. The molecule has 1 rings (SSSR count). The molecule has 4 heteroatoms. The third-order valence-electron chi connectivity index (χ3n) is 2.53. The van der Waals surface area contributed by atoms with Crippen LogP contribution in [0.15, 0.2) is 11.4 Å². The Bertz CT molecular complexity index is 368. The molecule has 103 valence electrons. The number of rotatable bonds is 5. The van der Waals surface area contributed by atoms with Gasteiger partial charge in [-0.05, 0) is 57.0 Å². The van der Waals surface area contributed by atoms with E-state index < -0.39 is 11.4 Å². The van der Waals surface area contributed by atoms with Crippen molar-refractivity contribution in [1.29, 1.82) is 0 Å². The Kier molecular flexibility index (Phi) is 5.71. The molecule has 1 radical (unpaired) electrons. The third-order valence-corrected chi connectivity index (χ3v) is 5.24. The van der Waals surface area contributed by atoms with E-state index >= 15 is 0 Å². The molecule has 0 aromatic carbocycles. The van der Waals surface area contributed by atoms with Crippen LogP contribution in [0.4, 0.5) is 0 Å². The molecule has 0 aliphatic heterocycles. The summed E-state index contributed by atoms with van der Waals surface area (Å²) in [6.07, 6.45) is 0.988. The summed E-state index contributed by atoms with van der Waals surface area (Å²) in [7, 11) is 0. The largest absolute Gasteiger partial charge is 0.598 e. The minimum atomic E-state index is -1.04. The monoisotopic (exact) mass is 286 g/mol. The van der Waals surface area contributed by atoms with Crippen molar-refractivity contribution in [2.24, 2.45) is 5.92 Å². The molecule has 0 aliphatic carbocycles. The zero-order chi connectivity index (χ0) is 13.9. The van der Waals surface area contributed by atoms with Gasteiger partial charge in [0.2, 0.25) is 0 Å². The summed E-state index contributed by atoms with van der Waals surface area (Å²) >= 11 is 0.654. The van der Waals surface area contributed by atoms with Crippen molar-refractivity contribution >= 4 is 22.7 Å². The lowest BCUT2D eigenvalue weighted by atomic mass is 10.0. The summed E-state index contributed by atoms with van der Waals surface area (Å²) in [5.74, 6) is 0.565. The van der Waals surface area contributed by atoms with E-state index in [-0.39, 0.29) is 10.8 Å². The van der Waals surface area contributed by atoms with Crippen molar-refractivity contribution in [1.82, 2.24) is 4.72 Å². The SMILES string of the molecule is [CH2]c1csc([C@H](CC(C)C)N[S+]([O-])C(C)(C)C)c1. The molecule has 2 atom stereocenters. The highest BCUT2D eigenvalue weighted by atomic mass is 32.2. The van der Waals surface area contributed by atoms with Crippen LogP contribution in [0, 0.1) is 12.8 Å². The van der Waals surface area contributed by atoms with Gasteiger partial charge in [-0.25, -0.2) is 0 Å². The fourth-order valence-corrected chi connectivity index (χ4v) is 3.38. The van der Waals surface area contributed by atoms with Gasteiger partial charge in [-0.15, -0.1) is 16.1 Å². The Labute approximate surface area is 119 Å². The van der Waals surface area contributed by atoms with E-state index in [1.165, 1.54) is 4.88 Å². The van der Waals surface area contributed by atoms with Crippen LogP contribution in [-0.4, -0.2) is 9.30 Å².